The lowest BCUT2D eigenvalue weighted by Gasteiger charge is -2.14. The van der Waals surface area contributed by atoms with E-state index >= 15 is 0 Å². The van der Waals surface area contributed by atoms with Crippen molar-refractivity contribution < 1.29 is 14.3 Å². The summed E-state index contributed by atoms with van der Waals surface area (Å²) in [7, 11) is 0. The number of rotatable bonds is 6. The molecule has 0 saturated carbocycles. The summed E-state index contributed by atoms with van der Waals surface area (Å²) in [6.45, 7) is 6.14. The number of benzene rings is 2. The van der Waals surface area contributed by atoms with Crippen LogP contribution in [0.25, 0.3) is 22.3 Å². The van der Waals surface area contributed by atoms with Crippen LogP contribution in [0.3, 0.4) is 0 Å². The molecule has 0 aliphatic carbocycles. The van der Waals surface area contributed by atoms with Gasteiger partial charge in [-0.1, -0.05) is 44.5 Å². The highest BCUT2D eigenvalue weighted by Crippen LogP contribution is 2.29. The van der Waals surface area contributed by atoms with Crippen LogP contribution < -0.4 is 5.43 Å². The van der Waals surface area contributed by atoms with Gasteiger partial charge in [-0.15, -0.1) is 0 Å². The van der Waals surface area contributed by atoms with E-state index in [0.717, 1.165) is 24.8 Å². The van der Waals surface area contributed by atoms with Crippen LogP contribution in [-0.2, 0) is 0 Å². The Hall–Kier alpha value is -2.88. The molecule has 3 rings (SSSR count). The Balaban J connectivity index is 2.05. The summed E-state index contributed by atoms with van der Waals surface area (Å²) in [5.41, 5.74) is 3.06. The summed E-state index contributed by atoms with van der Waals surface area (Å²) >= 11 is 0. The molecule has 1 aromatic heterocycles. The first-order valence-electron chi connectivity index (χ1n) is 9.36. The van der Waals surface area contributed by atoms with Crippen LogP contribution in [0, 0.1) is 6.92 Å². The largest absolute Gasteiger partial charge is 0.478 e. The van der Waals surface area contributed by atoms with Gasteiger partial charge in [0.2, 0.25) is 0 Å². The van der Waals surface area contributed by atoms with E-state index in [2.05, 4.69) is 26.0 Å². The third-order valence-electron chi connectivity index (χ3n) is 5.06. The van der Waals surface area contributed by atoms with Crippen LogP contribution in [0.4, 0.5) is 0 Å². The van der Waals surface area contributed by atoms with Crippen LogP contribution in [0.15, 0.2) is 51.7 Å². The lowest BCUT2D eigenvalue weighted by atomic mass is 9.91. The topological polar surface area (TPSA) is 67.5 Å². The van der Waals surface area contributed by atoms with Crippen molar-refractivity contribution in [3.05, 3.63) is 69.4 Å². The monoisotopic (exact) mass is 364 g/mol. The molecule has 0 amide bonds. The maximum Gasteiger partial charge on any atom is 0.335 e. The van der Waals surface area contributed by atoms with Crippen molar-refractivity contribution in [3.8, 4) is 11.3 Å². The summed E-state index contributed by atoms with van der Waals surface area (Å²) in [6, 6.07) is 12.5. The molecule has 0 bridgehead atoms. The second-order valence-electron chi connectivity index (χ2n) is 6.97. The molecule has 27 heavy (non-hydrogen) atoms. The highest BCUT2D eigenvalue weighted by atomic mass is 16.4. The molecule has 0 fully saturated rings. The molecule has 2 aromatic carbocycles. The van der Waals surface area contributed by atoms with E-state index in [1.807, 2.05) is 12.1 Å². The molecular formula is C23H24O4. The molecule has 0 aliphatic heterocycles. The Morgan fingerprint density at radius 1 is 1.11 bits per heavy atom. The lowest BCUT2D eigenvalue weighted by Crippen LogP contribution is -2.05. The van der Waals surface area contributed by atoms with Gasteiger partial charge in [-0.25, -0.2) is 4.79 Å². The van der Waals surface area contributed by atoms with Crippen molar-refractivity contribution in [3.63, 3.8) is 0 Å². The van der Waals surface area contributed by atoms with Crippen LogP contribution in [0.2, 0.25) is 0 Å². The summed E-state index contributed by atoms with van der Waals surface area (Å²) < 4.78 is 5.98. The zero-order valence-electron chi connectivity index (χ0n) is 15.9. The fourth-order valence-electron chi connectivity index (χ4n) is 3.57. The number of fused-ring (bicyclic) bond motifs is 1. The van der Waals surface area contributed by atoms with Crippen LogP contribution in [-0.4, -0.2) is 11.1 Å². The molecule has 0 saturated heterocycles. The molecule has 0 radical (unpaired) electrons. The zero-order chi connectivity index (χ0) is 19.6. The first-order valence-corrected chi connectivity index (χ1v) is 9.36. The maximum absolute atomic E-state index is 12.6. The molecule has 0 aliphatic rings. The predicted octanol–water partition coefficient (Wildman–Crippen LogP) is 5.76. The normalized spacial score (nSPS) is 12.3. The number of carboxylic acids is 1. The van der Waals surface area contributed by atoms with E-state index in [4.69, 9.17) is 4.42 Å². The van der Waals surface area contributed by atoms with Gasteiger partial charge in [-0.05, 0) is 48.9 Å². The fraction of sp³-hybridized carbons (Fsp3) is 0.304. The summed E-state index contributed by atoms with van der Waals surface area (Å²) in [5, 5.41) is 9.48. The number of hydrogen-bond donors (Lipinski definition) is 1. The van der Waals surface area contributed by atoms with Gasteiger partial charge in [0.15, 0.2) is 5.43 Å². The molecule has 4 heteroatoms. The van der Waals surface area contributed by atoms with Crippen molar-refractivity contribution >= 4 is 16.9 Å². The molecule has 1 atom stereocenters. The van der Waals surface area contributed by atoms with Gasteiger partial charge in [0.1, 0.15) is 11.3 Å². The minimum absolute atomic E-state index is 0.0888. The molecule has 4 nitrogen and oxygen atoms in total. The molecule has 3 aromatic rings. The minimum atomic E-state index is -1.06. The Morgan fingerprint density at radius 2 is 1.81 bits per heavy atom. The van der Waals surface area contributed by atoms with Crippen molar-refractivity contribution in [2.75, 3.05) is 0 Å². The van der Waals surface area contributed by atoms with E-state index in [1.165, 1.54) is 23.8 Å². The van der Waals surface area contributed by atoms with Gasteiger partial charge in [0, 0.05) is 11.6 Å². The van der Waals surface area contributed by atoms with Crippen LogP contribution in [0.1, 0.15) is 60.5 Å². The van der Waals surface area contributed by atoms with Gasteiger partial charge in [0.05, 0.1) is 10.9 Å². The summed E-state index contributed by atoms with van der Waals surface area (Å²) in [5.74, 6) is -0.0188. The molecule has 0 spiro atoms. The summed E-state index contributed by atoms with van der Waals surface area (Å²) in [4.78, 5) is 23.8. The standard InChI is InChI=1S/C23H24O4/c1-4-6-15(5-2)16-7-9-17(10-8-16)21-13-20(24)19-12-18(23(25)26)11-14(3)22(19)27-21/h7-13,15H,4-6H2,1-3H3,(H,25,26). The molecule has 140 valence electrons. The predicted molar refractivity (Wildman–Crippen MR) is 108 cm³/mol. The summed E-state index contributed by atoms with van der Waals surface area (Å²) in [6.07, 6.45) is 3.41. The Kier molecular flexibility index (Phi) is 5.45. The number of hydrogen-bond acceptors (Lipinski definition) is 3. The van der Waals surface area contributed by atoms with E-state index in [1.54, 1.807) is 6.92 Å². The quantitative estimate of drug-likeness (QED) is 0.604. The Bertz CT molecular complexity index is 1030. The smallest absolute Gasteiger partial charge is 0.335 e. The van der Waals surface area contributed by atoms with Crippen molar-refractivity contribution in [1.82, 2.24) is 0 Å². The molecule has 1 heterocycles. The van der Waals surface area contributed by atoms with Crippen molar-refractivity contribution in [2.45, 2.75) is 46.0 Å². The highest BCUT2D eigenvalue weighted by molar-refractivity contribution is 5.94. The van der Waals surface area contributed by atoms with Gasteiger partial charge < -0.3 is 9.52 Å². The van der Waals surface area contributed by atoms with Crippen LogP contribution in [0.5, 0.6) is 0 Å². The van der Waals surface area contributed by atoms with Gasteiger partial charge in [-0.3, -0.25) is 4.79 Å². The SMILES string of the molecule is CCCC(CC)c1ccc(-c2cc(=O)c3cc(C(=O)O)cc(C)c3o2)cc1. The van der Waals surface area contributed by atoms with E-state index in [9.17, 15) is 14.7 Å². The minimum Gasteiger partial charge on any atom is -0.478 e. The number of aromatic carboxylic acids is 1. The number of carbonyl (C=O) groups is 1. The van der Waals surface area contributed by atoms with Gasteiger partial charge in [-0.2, -0.15) is 0 Å². The third kappa shape index (κ3) is 3.80. The number of aryl methyl sites for hydroxylation is 1. The van der Waals surface area contributed by atoms with Crippen molar-refractivity contribution in [1.29, 1.82) is 0 Å². The Labute approximate surface area is 158 Å². The first kappa shape index (κ1) is 18.9. The highest BCUT2D eigenvalue weighted by Gasteiger charge is 2.14. The fourth-order valence-corrected chi connectivity index (χ4v) is 3.57. The first-order chi connectivity index (χ1) is 12.9. The molecular weight excluding hydrogens is 340 g/mol. The van der Waals surface area contributed by atoms with Gasteiger partial charge in [0.25, 0.3) is 0 Å². The van der Waals surface area contributed by atoms with Crippen molar-refractivity contribution in [2.24, 2.45) is 0 Å². The van der Waals surface area contributed by atoms with Gasteiger partial charge >= 0.3 is 5.97 Å². The van der Waals surface area contributed by atoms with E-state index in [-0.39, 0.29) is 11.0 Å². The Morgan fingerprint density at radius 3 is 2.41 bits per heavy atom. The lowest BCUT2D eigenvalue weighted by molar-refractivity contribution is 0.0697. The zero-order valence-corrected chi connectivity index (χ0v) is 15.9. The second kappa shape index (κ2) is 7.78. The van der Waals surface area contributed by atoms with E-state index < -0.39 is 5.97 Å². The molecule has 1 N–H and O–H groups in total. The average molecular weight is 364 g/mol. The molecule has 1 unspecified atom stereocenters. The average Bonchev–Trinajstić information content (AvgIpc) is 2.66. The maximum atomic E-state index is 12.6. The third-order valence-corrected chi connectivity index (χ3v) is 5.06. The van der Waals surface area contributed by atoms with Crippen LogP contribution >= 0.6 is 0 Å². The van der Waals surface area contributed by atoms with E-state index in [0.29, 0.717) is 28.2 Å². The second-order valence-corrected chi connectivity index (χ2v) is 6.97. The number of carboxylic acid groups (broad SMARTS) is 1.